The Kier molecular flexibility index (Phi) is 2.03. The van der Waals surface area contributed by atoms with E-state index in [1.54, 1.807) is 13.8 Å². The number of rotatable bonds is 1. The Hall–Kier alpha value is -1.52. The van der Waals surface area contributed by atoms with E-state index >= 15 is 0 Å². The van der Waals surface area contributed by atoms with Gasteiger partial charge in [-0.1, -0.05) is 0 Å². The Bertz CT molecular complexity index is 303. The molecule has 13 heavy (non-hydrogen) atoms. The summed E-state index contributed by atoms with van der Waals surface area (Å²) in [6.07, 6.45) is 0. The molecule has 0 unspecified atom stereocenters. The zero-order valence-electron chi connectivity index (χ0n) is 7.71. The largest absolute Gasteiger partial charge is 0.465 e. The number of cyclic esters (lactones) is 1. The van der Waals surface area contributed by atoms with Crippen molar-refractivity contribution in [1.29, 1.82) is 0 Å². The van der Waals surface area contributed by atoms with Crippen LogP contribution in [-0.2, 0) is 19.1 Å². The van der Waals surface area contributed by atoms with Crippen LogP contribution >= 0.6 is 0 Å². The number of hydrogen-bond acceptors (Lipinski definition) is 5. The number of methoxy groups -OCH3 is 1. The van der Waals surface area contributed by atoms with Crippen molar-refractivity contribution in [2.45, 2.75) is 19.4 Å². The summed E-state index contributed by atoms with van der Waals surface area (Å²) in [6.45, 7) is 3.21. The van der Waals surface area contributed by atoms with E-state index in [0.717, 1.165) is 0 Å². The van der Waals surface area contributed by atoms with Crippen LogP contribution in [0.4, 0.5) is 0 Å². The highest BCUT2D eigenvalue weighted by molar-refractivity contribution is 6.16. The second kappa shape index (κ2) is 2.76. The van der Waals surface area contributed by atoms with Crippen molar-refractivity contribution < 1.29 is 19.1 Å². The monoisotopic (exact) mass is 185 g/mol. The summed E-state index contributed by atoms with van der Waals surface area (Å²) in [5.41, 5.74) is 4.55. The molecule has 5 heteroatoms. The fourth-order valence-corrected chi connectivity index (χ4v) is 1.04. The van der Waals surface area contributed by atoms with Gasteiger partial charge in [-0.15, -0.1) is 0 Å². The molecule has 0 aromatic heterocycles. The predicted molar refractivity (Wildman–Crippen MR) is 43.4 cm³/mol. The standard InChI is InChI=1S/C8H11NO4/c1-8(2)5(9)4(6(10)12-3)7(11)13-8/h9H2,1-3H3. The van der Waals surface area contributed by atoms with Crippen LogP contribution < -0.4 is 5.73 Å². The topological polar surface area (TPSA) is 78.6 Å². The molecule has 0 saturated heterocycles. The van der Waals surface area contributed by atoms with Crippen LogP contribution in [0, 0.1) is 0 Å². The molecule has 0 aromatic carbocycles. The van der Waals surface area contributed by atoms with E-state index in [2.05, 4.69) is 4.74 Å². The minimum atomic E-state index is -0.916. The van der Waals surface area contributed by atoms with E-state index in [9.17, 15) is 9.59 Å². The fraction of sp³-hybridized carbons (Fsp3) is 0.500. The van der Waals surface area contributed by atoms with Crippen LogP contribution in [0.3, 0.4) is 0 Å². The Morgan fingerprint density at radius 1 is 1.54 bits per heavy atom. The average molecular weight is 185 g/mol. The Morgan fingerprint density at radius 2 is 2.08 bits per heavy atom. The lowest BCUT2D eigenvalue weighted by Gasteiger charge is -2.17. The number of esters is 2. The smallest absolute Gasteiger partial charge is 0.348 e. The second-order valence-electron chi connectivity index (χ2n) is 3.18. The van der Waals surface area contributed by atoms with Gasteiger partial charge < -0.3 is 15.2 Å². The van der Waals surface area contributed by atoms with Crippen molar-refractivity contribution in [1.82, 2.24) is 0 Å². The molecule has 1 heterocycles. The highest BCUT2D eigenvalue weighted by atomic mass is 16.6. The Labute approximate surface area is 75.5 Å². The fourth-order valence-electron chi connectivity index (χ4n) is 1.04. The van der Waals surface area contributed by atoms with E-state index in [1.807, 2.05) is 0 Å². The summed E-state index contributed by atoms with van der Waals surface area (Å²) in [5.74, 6) is -1.48. The van der Waals surface area contributed by atoms with Gasteiger partial charge in [0.25, 0.3) is 0 Å². The van der Waals surface area contributed by atoms with Gasteiger partial charge >= 0.3 is 11.9 Å². The van der Waals surface area contributed by atoms with Gasteiger partial charge in [-0.2, -0.15) is 0 Å². The summed E-state index contributed by atoms with van der Waals surface area (Å²) < 4.78 is 9.25. The lowest BCUT2D eigenvalue weighted by molar-refractivity contribution is -0.148. The molecular weight excluding hydrogens is 174 g/mol. The summed E-state index contributed by atoms with van der Waals surface area (Å²) in [5, 5.41) is 0. The summed E-state index contributed by atoms with van der Waals surface area (Å²) >= 11 is 0. The van der Waals surface area contributed by atoms with Crippen molar-refractivity contribution in [3.8, 4) is 0 Å². The van der Waals surface area contributed by atoms with Gasteiger partial charge in [0.05, 0.1) is 12.8 Å². The van der Waals surface area contributed by atoms with Gasteiger partial charge in [0.2, 0.25) is 0 Å². The van der Waals surface area contributed by atoms with Crippen molar-refractivity contribution >= 4 is 11.9 Å². The lowest BCUT2D eigenvalue weighted by atomic mass is 10.0. The van der Waals surface area contributed by atoms with E-state index in [1.165, 1.54) is 7.11 Å². The van der Waals surface area contributed by atoms with Crippen molar-refractivity contribution in [3.05, 3.63) is 11.3 Å². The molecule has 1 rings (SSSR count). The van der Waals surface area contributed by atoms with Crippen LogP contribution in [-0.4, -0.2) is 24.6 Å². The molecule has 0 aliphatic carbocycles. The maximum Gasteiger partial charge on any atom is 0.348 e. The first-order chi connectivity index (χ1) is 5.90. The van der Waals surface area contributed by atoms with Gasteiger partial charge in [0.15, 0.2) is 5.57 Å². The summed E-state index contributed by atoms with van der Waals surface area (Å²) in [4.78, 5) is 22.2. The molecule has 0 bridgehead atoms. The van der Waals surface area contributed by atoms with Gasteiger partial charge in [-0.3, -0.25) is 0 Å². The molecule has 0 amide bonds. The molecule has 0 saturated carbocycles. The van der Waals surface area contributed by atoms with Crippen LogP contribution in [0.15, 0.2) is 11.3 Å². The summed E-state index contributed by atoms with van der Waals surface area (Å²) in [6, 6.07) is 0. The molecule has 1 aliphatic rings. The molecule has 0 aromatic rings. The third kappa shape index (κ3) is 1.37. The Balaban J connectivity index is 3.13. The van der Waals surface area contributed by atoms with E-state index in [-0.39, 0.29) is 11.3 Å². The minimum absolute atomic E-state index is 0.115. The van der Waals surface area contributed by atoms with Gasteiger partial charge in [-0.25, -0.2) is 9.59 Å². The molecule has 1 aliphatic heterocycles. The first-order valence-electron chi connectivity index (χ1n) is 3.72. The first-order valence-corrected chi connectivity index (χ1v) is 3.72. The quantitative estimate of drug-likeness (QED) is 0.448. The molecule has 2 N–H and O–H groups in total. The number of carbonyl (C=O) groups is 2. The van der Waals surface area contributed by atoms with Gasteiger partial charge in [0.1, 0.15) is 5.60 Å². The summed E-state index contributed by atoms with van der Waals surface area (Å²) in [7, 11) is 1.18. The van der Waals surface area contributed by atoms with Crippen molar-refractivity contribution in [2.24, 2.45) is 5.73 Å². The average Bonchev–Trinajstić information content (AvgIpc) is 2.21. The molecule has 0 radical (unpaired) electrons. The molecular formula is C8H11NO4. The highest BCUT2D eigenvalue weighted by Crippen LogP contribution is 2.28. The normalized spacial score (nSPS) is 20.1. The van der Waals surface area contributed by atoms with E-state index in [4.69, 9.17) is 10.5 Å². The Morgan fingerprint density at radius 3 is 2.38 bits per heavy atom. The SMILES string of the molecule is COC(=O)C1=C(N)C(C)(C)OC1=O. The number of hydrogen-bond donors (Lipinski definition) is 1. The molecule has 72 valence electrons. The zero-order chi connectivity index (χ0) is 10.2. The first kappa shape index (κ1) is 9.57. The van der Waals surface area contributed by atoms with Crippen LogP contribution in [0.25, 0.3) is 0 Å². The van der Waals surface area contributed by atoms with Crippen molar-refractivity contribution in [3.63, 3.8) is 0 Å². The van der Waals surface area contributed by atoms with Crippen LogP contribution in [0.2, 0.25) is 0 Å². The van der Waals surface area contributed by atoms with E-state index < -0.39 is 17.5 Å². The third-order valence-electron chi connectivity index (χ3n) is 1.86. The lowest BCUT2D eigenvalue weighted by Crippen LogP contribution is -2.27. The molecule has 0 spiro atoms. The zero-order valence-corrected chi connectivity index (χ0v) is 7.71. The molecule has 5 nitrogen and oxygen atoms in total. The second-order valence-corrected chi connectivity index (χ2v) is 3.18. The number of ether oxygens (including phenoxy) is 2. The van der Waals surface area contributed by atoms with Crippen LogP contribution in [0.5, 0.6) is 0 Å². The van der Waals surface area contributed by atoms with E-state index in [0.29, 0.717) is 0 Å². The predicted octanol–water partition coefficient (Wildman–Crippen LogP) is -0.292. The maximum atomic E-state index is 11.1. The number of nitrogens with two attached hydrogens (primary N) is 1. The van der Waals surface area contributed by atoms with Gasteiger partial charge in [-0.05, 0) is 13.8 Å². The third-order valence-corrected chi connectivity index (χ3v) is 1.86. The molecule has 0 fully saturated rings. The maximum absolute atomic E-state index is 11.1. The van der Waals surface area contributed by atoms with Crippen LogP contribution in [0.1, 0.15) is 13.8 Å². The number of carbonyl (C=O) groups excluding carboxylic acids is 2. The van der Waals surface area contributed by atoms with Crippen molar-refractivity contribution in [2.75, 3.05) is 7.11 Å². The van der Waals surface area contributed by atoms with Gasteiger partial charge in [0, 0.05) is 0 Å². The highest BCUT2D eigenvalue weighted by Gasteiger charge is 2.42. The molecule has 0 atom stereocenters. The minimum Gasteiger partial charge on any atom is -0.465 e.